The standard InChI is InChI=1S/C19H18BrNO.ClH/c1-21(12-4-5-15-8-10-17(20)11-9-15)13-16-14-22-19-7-3-2-6-18(16)19;/h2-11,14H,12-13H2,1H3;1H/b5-4+;. The Morgan fingerprint density at radius 3 is 2.61 bits per heavy atom. The Kier molecular flexibility index (Phi) is 6.46. The van der Waals surface area contributed by atoms with Crippen molar-refractivity contribution in [3.8, 4) is 0 Å². The average molecular weight is 393 g/mol. The molecular weight excluding hydrogens is 374 g/mol. The van der Waals surface area contributed by atoms with E-state index in [1.165, 1.54) is 16.5 Å². The SMILES string of the molecule is CN(C/C=C/c1ccc(Br)cc1)Cc1coc2ccccc12.Cl. The summed E-state index contributed by atoms with van der Waals surface area (Å²) in [5, 5.41) is 1.20. The summed E-state index contributed by atoms with van der Waals surface area (Å²) in [5.41, 5.74) is 3.40. The molecule has 0 radical (unpaired) electrons. The van der Waals surface area contributed by atoms with E-state index < -0.39 is 0 Å². The number of halogens is 2. The third-order valence-corrected chi connectivity index (χ3v) is 4.13. The minimum atomic E-state index is 0. The molecule has 0 N–H and O–H groups in total. The van der Waals surface area contributed by atoms with Crippen LogP contribution in [0, 0.1) is 0 Å². The normalized spacial score (nSPS) is 11.3. The second-order valence-corrected chi connectivity index (χ2v) is 6.32. The first-order chi connectivity index (χ1) is 10.7. The van der Waals surface area contributed by atoms with Gasteiger partial charge in [-0.05, 0) is 30.8 Å². The fourth-order valence-corrected chi connectivity index (χ4v) is 2.72. The molecule has 23 heavy (non-hydrogen) atoms. The van der Waals surface area contributed by atoms with Crippen LogP contribution in [0.2, 0.25) is 0 Å². The van der Waals surface area contributed by atoms with Gasteiger partial charge in [0.15, 0.2) is 0 Å². The molecular formula is C19H19BrClNO. The Bertz CT molecular complexity index is 779. The number of rotatable bonds is 5. The van der Waals surface area contributed by atoms with Crippen LogP contribution in [0.25, 0.3) is 17.0 Å². The van der Waals surface area contributed by atoms with Crippen molar-refractivity contribution in [2.45, 2.75) is 6.54 Å². The van der Waals surface area contributed by atoms with Crippen LogP contribution >= 0.6 is 28.3 Å². The molecule has 0 aliphatic carbocycles. The molecule has 0 aliphatic heterocycles. The first kappa shape index (κ1) is 17.8. The number of hydrogen-bond acceptors (Lipinski definition) is 2. The van der Waals surface area contributed by atoms with Gasteiger partial charge in [-0.2, -0.15) is 0 Å². The molecule has 0 saturated heterocycles. The van der Waals surface area contributed by atoms with E-state index in [-0.39, 0.29) is 12.4 Å². The zero-order valence-electron chi connectivity index (χ0n) is 12.9. The minimum absolute atomic E-state index is 0. The van der Waals surface area contributed by atoms with Gasteiger partial charge in [0.25, 0.3) is 0 Å². The summed E-state index contributed by atoms with van der Waals surface area (Å²) in [7, 11) is 2.12. The highest BCUT2D eigenvalue weighted by molar-refractivity contribution is 9.10. The lowest BCUT2D eigenvalue weighted by Crippen LogP contribution is -2.17. The van der Waals surface area contributed by atoms with Crippen molar-refractivity contribution in [1.82, 2.24) is 4.90 Å². The molecule has 0 saturated carbocycles. The van der Waals surface area contributed by atoms with Crippen molar-refractivity contribution in [3.05, 3.63) is 76.5 Å². The monoisotopic (exact) mass is 391 g/mol. The Morgan fingerprint density at radius 2 is 1.83 bits per heavy atom. The van der Waals surface area contributed by atoms with Gasteiger partial charge < -0.3 is 4.42 Å². The summed E-state index contributed by atoms with van der Waals surface area (Å²) in [4.78, 5) is 2.27. The summed E-state index contributed by atoms with van der Waals surface area (Å²) in [6.07, 6.45) is 6.20. The summed E-state index contributed by atoms with van der Waals surface area (Å²) in [5.74, 6) is 0. The molecule has 1 aromatic heterocycles. The lowest BCUT2D eigenvalue weighted by molar-refractivity contribution is 0.363. The first-order valence-corrected chi connectivity index (χ1v) is 8.07. The Morgan fingerprint density at radius 1 is 1.09 bits per heavy atom. The van der Waals surface area contributed by atoms with E-state index in [0.29, 0.717) is 0 Å². The molecule has 0 spiro atoms. The molecule has 0 amide bonds. The highest BCUT2D eigenvalue weighted by atomic mass is 79.9. The Hall–Kier alpha value is -1.55. The van der Waals surface area contributed by atoms with E-state index in [0.717, 1.165) is 23.1 Å². The van der Waals surface area contributed by atoms with Crippen LogP contribution in [0.4, 0.5) is 0 Å². The van der Waals surface area contributed by atoms with Gasteiger partial charge in [0.2, 0.25) is 0 Å². The predicted molar refractivity (Wildman–Crippen MR) is 103 cm³/mol. The molecule has 0 aliphatic rings. The molecule has 2 aromatic carbocycles. The second kappa shape index (κ2) is 8.34. The fourth-order valence-electron chi connectivity index (χ4n) is 2.45. The quantitative estimate of drug-likeness (QED) is 0.548. The van der Waals surface area contributed by atoms with Gasteiger partial charge in [0.1, 0.15) is 5.58 Å². The molecule has 0 bridgehead atoms. The molecule has 0 unspecified atom stereocenters. The number of para-hydroxylation sites is 1. The maximum absolute atomic E-state index is 5.59. The number of benzene rings is 2. The van der Waals surface area contributed by atoms with Gasteiger partial charge in [-0.25, -0.2) is 0 Å². The van der Waals surface area contributed by atoms with Crippen LogP contribution in [0.5, 0.6) is 0 Å². The number of hydrogen-bond donors (Lipinski definition) is 0. The van der Waals surface area contributed by atoms with Crippen LogP contribution in [0.1, 0.15) is 11.1 Å². The molecule has 3 rings (SSSR count). The Balaban J connectivity index is 0.00000192. The zero-order valence-corrected chi connectivity index (χ0v) is 15.3. The molecule has 2 nitrogen and oxygen atoms in total. The van der Waals surface area contributed by atoms with Crippen molar-refractivity contribution in [2.24, 2.45) is 0 Å². The zero-order chi connectivity index (χ0) is 15.4. The molecule has 120 valence electrons. The highest BCUT2D eigenvalue weighted by Crippen LogP contribution is 2.21. The lowest BCUT2D eigenvalue weighted by atomic mass is 10.1. The third kappa shape index (κ3) is 4.71. The van der Waals surface area contributed by atoms with E-state index in [2.05, 4.69) is 76.4 Å². The van der Waals surface area contributed by atoms with Gasteiger partial charge in [-0.3, -0.25) is 4.90 Å². The van der Waals surface area contributed by atoms with E-state index in [1.807, 2.05) is 18.4 Å². The van der Waals surface area contributed by atoms with Crippen LogP contribution in [-0.4, -0.2) is 18.5 Å². The summed E-state index contributed by atoms with van der Waals surface area (Å²) in [6.45, 7) is 1.78. The maximum Gasteiger partial charge on any atom is 0.134 e. The summed E-state index contributed by atoms with van der Waals surface area (Å²) in [6, 6.07) is 16.5. The van der Waals surface area contributed by atoms with Crippen molar-refractivity contribution >= 4 is 45.4 Å². The largest absolute Gasteiger partial charge is 0.464 e. The third-order valence-electron chi connectivity index (χ3n) is 3.60. The topological polar surface area (TPSA) is 16.4 Å². The summed E-state index contributed by atoms with van der Waals surface area (Å²) < 4.78 is 6.69. The summed E-state index contributed by atoms with van der Waals surface area (Å²) >= 11 is 3.45. The minimum Gasteiger partial charge on any atom is -0.464 e. The van der Waals surface area contributed by atoms with Crippen molar-refractivity contribution < 1.29 is 4.42 Å². The van der Waals surface area contributed by atoms with E-state index in [1.54, 1.807) is 0 Å². The second-order valence-electron chi connectivity index (χ2n) is 5.41. The van der Waals surface area contributed by atoms with Crippen LogP contribution in [0.3, 0.4) is 0 Å². The highest BCUT2D eigenvalue weighted by Gasteiger charge is 2.06. The lowest BCUT2D eigenvalue weighted by Gasteiger charge is -2.13. The average Bonchev–Trinajstić information content (AvgIpc) is 2.93. The van der Waals surface area contributed by atoms with Gasteiger partial charge >= 0.3 is 0 Å². The van der Waals surface area contributed by atoms with Crippen molar-refractivity contribution in [1.29, 1.82) is 0 Å². The maximum atomic E-state index is 5.59. The van der Waals surface area contributed by atoms with Crippen LogP contribution in [-0.2, 0) is 6.54 Å². The fraction of sp³-hybridized carbons (Fsp3) is 0.158. The first-order valence-electron chi connectivity index (χ1n) is 7.28. The van der Waals surface area contributed by atoms with Crippen molar-refractivity contribution in [3.63, 3.8) is 0 Å². The molecule has 4 heteroatoms. The smallest absolute Gasteiger partial charge is 0.134 e. The van der Waals surface area contributed by atoms with Gasteiger partial charge in [-0.15, -0.1) is 12.4 Å². The number of furan rings is 1. The van der Waals surface area contributed by atoms with E-state index in [4.69, 9.17) is 4.42 Å². The molecule has 3 aromatic rings. The molecule has 0 atom stereocenters. The van der Waals surface area contributed by atoms with Crippen LogP contribution in [0.15, 0.2) is 69.8 Å². The Labute approximate surface area is 151 Å². The molecule has 0 fully saturated rings. The van der Waals surface area contributed by atoms with Crippen LogP contribution < -0.4 is 0 Å². The van der Waals surface area contributed by atoms with Gasteiger partial charge in [0, 0.05) is 28.5 Å². The van der Waals surface area contributed by atoms with Gasteiger partial charge in [0.05, 0.1) is 6.26 Å². The number of nitrogens with zero attached hydrogens (tertiary/aromatic N) is 1. The predicted octanol–water partition coefficient (Wildman–Crippen LogP) is 5.76. The number of likely N-dealkylation sites (N-methyl/N-ethyl adjacent to an activating group) is 1. The van der Waals surface area contributed by atoms with Gasteiger partial charge in [-0.1, -0.05) is 58.4 Å². The number of fused-ring (bicyclic) bond motifs is 1. The van der Waals surface area contributed by atoms with E-state index in [9.17, 15) is 0 Å². The van der Waals surface area contributed by atoms with E-state index >= 15 is 0 Å². The molecule has 1 heterocycles. The van der Waals surface area contributed by atoms with Crippen molar-refractivity contribution in [2.75, 3.05) is 13.6 Å².